The van der Waals surface area contributed by atoms with E-state index in [1.54, 1.807) is 24.3 Å². The summed E-state index contributed by atoms with van der Waals surface area (Å²) in [5.41, 5.74) is 3.45. The Morgan fingerprint density at radius 3 is 2.84 bits per heavy atom. The molecule has 0 aliphatic carbocycles. The van der Waals surface area contributed by atoms with Crippen LogP contribution in [-0.2, 0) is 11.3 Å². The molecule has 0 saturated heterocycles. The van der Waals surface area contributed by atoms with Gasteiger partial charge in [-0.3, -0.25) is 14.2 Å². The third-order valence-electron chi connectivity index (χ3n) is 4.94. The lowest BCUT2D eigenvalue weighted by Crippen LogP contribution is -2.23. The van der Waals surface area contributed by atoms with Crippen LogP contribution in [0.25, 0.3) is 21.3 Å². The summed E-state index contributed by atoms with van der Waals surface area (Å²) in [6, 6.07) is 15.0. The van der Waals surface area contributed by atoms with Crippen molar-refractivity contribution in [2.45, 2.75) is 19.9 Å². The monoisotopic (exact) mass is 443 g/mol. The van der Waals surface area contributed by atoms with Gasteiger partial charge >= 0.3 is 0 Å². The van der Waals surface area contributed by atoms with E-state index in [0.29, 0.717) is 21.7 Å². The number of carbonyl (C=O) groups is 1. The second-order valence-electron chi connectivity index (χ2n) is 7.26. The van der Waals surface area contributed by atoms with Crippen LogP contribution in [-0.4, -0.2) is 22.1 Å². The Labute approximate surface area is 189 Å². The lowest BCUT2D eigenvalue weighted by atomic mass is 10.1. The van der Waals surface area contributed by atoms with Crippen molar-refractivity contribution in [3.63, 3.8) is 0 Å². The number of fused-ring (bicyclic) bond motifs is 1. The molecule has 0 unspecified atom stereocenters. The molecule has 0 fully saturated rings. The maximum absolute atomic E-state index is 13.1. The molecule has 0 atom stereocenters. The molecule has 160 valence electrons. The number of nitrogens with one attached hydrogen (secondary N) is 1. The number of aryl methyl sites for hydroxylation is 2. The number of hydrogen-bond acceptors (Lipinski definition) is 5. The van der Waals surface area contributed by atoms with Crippen molar-refractivity contribution < 1.29 is 9.53 Å². The number of thiophene rings is 1. The van der Waals surface area contributed by atoms with Crippen LogP contribution in [0.15, 0.2) is 65.0 Å². The Morgan fingerprint density at radius 1 is 1.25 bits per heavy atom. The predicted molar refractivity (Wildman–Crippen MR) is 128 cm³/mol. The summed E-state index contributed by atoms with van der Waals surface area (Å²) in [6.45, 7) is 2.41. The minimum absolute atomic E-state index is 0.131. The van der Waals surface area contributed by atoms with Gasteiger partial charge in [-0.05, 0) is 24.6 Å². The van der Waals surface area contributed by atoms with Crippen molar-refractivity contribution in [1.82, 2.24) is 9.55 Å². The molecule has 32 heavy (non-hydrogen) atoms. The predicted octanol–water partition coefficient (Wildman–Crippen LogP) is 4.47. The smallest absolute Gasteiger partial charge is 0.262 e. The van der Waals surface area contributed by atoms with Crippen molar-refractivity contribution in [1.29, 1.82) is 0 Å². The number of rotatable bonds is 7. The summed E-state index contributed by atoms with van der Waals surface area (Å²) in [6.07, 6.45) is 6.83. The van der Waals surface area contributed by atoms with Crippen LogP contribution in [0, 0.1) is 19.3 Å². The topological polar surface area (TPSA) is 73.2 Å². The molecule has 0 bridgehead atoms. The highest BCUT2D eigenvalue weighted by Gasteiger charge is 2.14. The lowest BCUT2D eigenvalue weighted by Gasteiger charge is -2.09. The number of anilines is 1. The third-order valence-corrected chi connectivity index (χ3v) is 5.83. The fourth-order valence-corrected chi connectivity index (χ4v) is 4.21. The van der Waals surface area contributed by atoms with Gasteiger partial charge in [0, 0.05) is 35.7 Å². The van der Waals surface area contributed by atoms with Crippen LogP contribution in [0.3, 0.4) is 0 Å². The molecule has 2 heterocycles. The van der Waals surface area contributed by atoms with Gasteiger partial charge in [-0.15, -0.1) is 17.8 Å². The minimum Gasteiger partial charge on any atom is -0.481 e. The molecule has 0 aliphatic heterocycles. The van der Waals surface area contributed by atoms with E-state index in [9.17, 15) is 9.59 Å². The first kappa shape index (κ1) is 21.3. The third kappa shape index (κ3) is 4.71. The lowest BCUT2D eigenvalue weighted by molar-refractivity contribution is -0.116. The van der Waals surface area contributed by atoms with Gasteiger partial charge in [0.05, 0.1) is 11.7 Å². The number of terminal acetylenes is 1. The van der Waals surface area contributed by atoms with Gasteiger partial charge in [0.25, 0.3) is 5.56 Å². The Kier molecular flexibility index (Phi) is 6.34. The van der Waals surface area contributed by atoms with Crippen LogP contribution in [0.2, 0.25) is 0 Å². The number of carbonyl (C=O) groups excluding carboxylic acids is 1. The summed E-state index contributed by atoms with van der Waals surface area (Å²) >= 11 is 1.44. The maximum atomic E-state index is 13.1. The largest absolute Gasteiger partial charge is 0.481 e. The average Bonchev–Trinajstić information content (AvgIpc) is 3.23. The molecule has 0 aliphatic rings. The van der Waals surface area contributed by atoms with E-state index in [2.05, 4.69) is 16.2 Å². The molecule has 1 N–H and O–H groups in total. The molecule has 0 spiro atoms. The summed E-state index contributed by atoms with van der Waals surface area (Å²) in [5.74, 6) is 2.76. The van der Waals surface area contributed by atoms with Crippen LogP contribution in [0.5, 0.6) is 5.75 Å². The zero-order valence-corrected chi connectivity index (χ0v) is 18.3. The van der Waals surface area contributed by atoms with E-state index in [4.69, 9.17) is 11.2 Å². The molecule has 7 heteroatoms. The van der Waals surface area contributed by atoms with E-state index in [1.807, 2.05) is 36.6 Å². The first-order valence-electron chi connectivity index (χ1n) is 10.0. The van der Waals surface area contributed by atoms with E-state index < -0.39 is 0 Å². The van der Waals surface area contributed by atoms with Crippen molar-refractivity contribution >= 4 is 33.1 Å². The van der Waals surface area contributed by atoms with Crippen LogP contribution >= 0.6 is 11.3 Å². The number of nitrogens with zero attached hydrogens (tertiary/aromatic N) is 2. The summed E-state index contributed by atoms with van der Waals surface area (Å²) in [5, 5.41) is 5.36. The van der Waals surface area contributed by atoms with Crippen LogP contribution < -0.4 is 15.6 Å². The molecule has 6 nitrogen and oxygen atoms in total. The standard InChI is InChI=1S/C25H21N3O3S/c1-3-13-31-20-6-4-5-19(14-20)27-22(29)11-12-28-16-26-24-23(25(28)30)21(15-32-24)18-9-7-17(2)8-10-18/h1,4-10,14-16H,11-13H2,2H3,(H,27,29). The average molecular weight is 444 g/mol. The maximum Gasteiger partial charge on any atom is 0.262 e. The Morgan fingerprint density at radius 2 is 2.06 bits per heavy atom. The van der Waals surface area contributed by atoms with Gasteiger partial charge in [0.2, 0.25) is 5.91 Å². The van der Waals surface area contributed by atoms with Gasteiger partial charge in [0.15, 0.2) is 0 Å². The Hall–Kier alpha value is -3.89. The van der Waals surface area contributed by atoms with Crippen LogP contribution in [0.1, 0.15) is 12.0 Å². The zero-order valence-electron chi connectivity index (χ0n) is 17.5. The fraction of sp³-hybridized carbons (Fsp3) is 0.160. The van der Waals surface area contributed by atoms with E-state index >= 15 is 0 Å². The molecule has 2 aromatic heterocycles. The fourth-order valence-electron chi connectivity index (χ4n) is 3.31. The molecule has 1 amide bonds. The van der Waals surface area contributed by atoms with Crippen LogP contribution in [0.4, 0.5) is 5.69 Å². The molecule has 0 radical (unpaired) electrons. The summed E-state index contributed by atoms with van der Waals surface area (Å²) in [4.78, 5) is 30.7. The molecule has 4 aromatic rings. The second kappa shape index (κ2) is 9.50. The molecular formula is C25H21N3O3S. The van der Waals surface area contributed by atoms with Crippen molar-refractivity contribution in [3.8, 4) is 29.2 Å². The number of aromatic nitrogens is 2. The normalized spacial score (nSPS) is 10.6. The van der Waals surface area contributed by atoms with E-state index in [1.165, 1.54) is 22.2 Å². The van der Waals surface area contributed by atoms with Gasteiger partial charge in [-0.1, -0.05) is 41.8 Å². The SMILES string of the molecule is C#CCOc1cccc(NC(=O)CCn2cnc3scc(-c4ccc(C)cc4)c3c2=O)c1. The van der Waals surface area contributed by atoms with Crippen molar-refractivity contribution in [2.75, 3.05) is 11.9 Å². The van der Waals surface area contributed by atoms with Gasteiger partial charge < -0.3 is 10.1 Å². The number of amides is 1. The van der Waals surface area contributed by atoms with Gasteiger partial charge in [-0.2, -0.15) is 0 Å². The molecule has 0 saturated carbocycles. The molecule has 4 rings (SSSR count). The summed E-state index contributed by atoms with van der Waals surface area (Å²) < 4.78 is 6.85. The van der Waals surface area contributed by atoms with E-state index in [0.717, 1.165) is 16.7 Å². The Bertz CT molecular complexity index is 1360. The molecular weight excluding hydrogens is 422 g/mol. The quantitative estimate of drug-likeness (QED) is 0.428. The highest BCUT2D eigenvalue weighted by atomic mass is 32.1. The van der Waals surface area contributed by atoms with Gasteiger partial charge in [-0.25, -0.2) is 4.98 Å². The number of ether oxygens (including phenoxy) is 1. The summed E-state index contributed by atoms with van der Waals surface area (Å²) in [7, 11) is 0. The second-order valence-corrected chi connectivity index (χ2v) is 8.12. The zero-order chi connectivity index (χ0) is 22.5. The highest BCUT2D eigenvalue weighted by molar-refractivity contribution is 7.17. The Balaban J connectivity index is 1.49. The minimum atomic E-state index is -0.213. The van der Waals surface area contributed by atoms with Crippen molar-refractivity contribution in [3.05, 3.63) is 76.2 Å². The number of hydrogen-bond donors (Lipinski definition) is 1. The first-order chi connectivity index (χ1) is 15.5. The van der Waals surface area contributed by atoms with Gasteiger partial charge in [0.1, 0.15) is 17.2 Å². The first-order valence-corrected chi connectivity index (χ1v) is 10.9. The van der Waals surface area contributed by atoms with Crippen molar-refractivity contribution in [2.24, 2.45) is 0 Å². The highest BCUT2D eigenvalue weighted by Crippen LogP contribution is 2.30. The number of benzene rings is 2. The molecule has 2 aromatic carbocycles. The van der Waals surface area contributed by atoms with E-state index in [-0.39, 0.29) is 31.0 Å².